The molecule has 0 aromatic heterocycles. The van der Waals surface area contributed by atoms with Crippen LogP contribution in [0.25, 0.3) is 21.9 Å². The molecule has 3 aliphatic rings. The van der Waals surface area contributed by atoms with Gasteiger partial charge in [-0.1, -0.05) is 54.6 Å². The standard InChI is InChI=1S/C28H26N2O3S/c1-4-32-26(31)22-15-30-27(34-22)29-25-20(28(30,2)3)16-33-21-14-13-18-11-8-12-19(23(18)24(21)25)17-9-6-5-7-10-17/h5-15,20,25H,4,16H2,1-3H3/t20-,25-/m0/s1. The highest BCUT2D eigenvalue weighted by atomic mass is 32.2. The van der Waals surface area contributed by atoms with Crippen LogP contribution >= 0.6 is 11.8 Å². The molecule has 172 valence electrons. The molecule has 0 fully saturated rings. The Morgan fingerprint density at radius 3 is 2.76 bits per heavy atom. The van der Waals surface area contributed by atoms with E-state index in [4.69, 9.17) is 14.5 Å². The zero-order valence-corrected chi connectivity index (χ0v) is 20.3. The van der Waals surface area contributed by atoms with E-state index < -0.39 is 0 Å². The fourth-order valence-corrected chi connectivity index (χ4v) is 6.37. The number of benzene rings is 3. The molecule has 6 rings (SSSR count). The second-order valence-corrected chi connectivity index (χ2v) is 10.4. The molecule has 0 spiro atoms. The van der Waals surface area contributed by atoms with Gasteiger partial charge in [-0.2, -0.15) is 0 Å². The van der Waals surface area contributed by atoms with Crippen LogP contribution in [-0.4, -0.2) is 34.8 Å². The molecular formula is C28H26N2O3S. The molecule has 0 unspecified atom stereocenters. The number of carbonyl (C=O) groups excluding carboxylic acids is 1. The molecule has 34 heavy (non-hydrogen) atoms. The number of aliphatic imine (C=N–C) groups is 1. The van der Waals surface area contributed by atoms with Crippen molar-refractivity contribution in [3.05, 3.63) is 77.3 Å². The summed E-state index contributed by atoms with van der Waals surface area (Å²) >= 11 is 1.40. The number of ether oxygens (including phenoxy) is 2. The first-order chi connectivity index (χ1) is 16.5. The summed E-state index contributed by atoms with van der Waals surface area (Å²) in [6.45, 7) is 7.17. The highest BCUT2D eigenvalue weighted by molar-refractivity contribution is 8.18. The second kappa shape index (κ2) is 7.91. The van der Waals surface area contributed by atoms with Gasteiger partial charge in [0.05, 0.1) is 19.3 Å². The van der Waals surface area contributed by atoms with Gasteiger partial charge in [0.25, 0.3) is 0 Å². The SMILES string of the molecule is CCOC(=O)C1=CN2C(=N[C@@H]3c4c(ccc5cccc(-c6ccccc6)c45)OC[C@@H]3C2(C)C)S1. The molecule has 0 saturated heterocycles. The molecule has 3 aromatic carbocycles. The van der Waals surface area contributed by atoms with Crippen LogP contribution < -0.4 is 4.74 Å². The number of thioether (sulfide) groups is 1. The van der Waals surface area contributed by atoms with Crippen LogP contribution in [0.15, 0.2) is 76.8 Å². The van der Waals surface area contributed by atoms with E-state index in [0.29, 0.717) is 18.1 Å². The molecule has 0 N–H and O–H groups in total. The van der Waals surface area contributed by atoms with Gasteiger partial charge in [0, 0.05) is 23.2 Å². The first-order valence-electron chi connectivity index (χ1n) is 11.7. The number of amidine groups is 1. The summed E-state index contributed by atoms with van der Waals surface area (Å²) in [5, 5.41) is 3.21. The monoisotopic (exact) mass is 470 g/mol. The number of hydrogen-bond acceptors (Lipinski definition) is 6. The Morgan fingerprint density at radius 2 is 1.97 bits per heavy atom. The Hall–Kier alpha value is -3.25. The maximum Gasteiger partial charge on any atom is 0.346 e. The Morgan fingerprint density at radius 1 is 1.15 bits per heavy atom. The van der Waals surface area contributed by atoms with Crippen molar-refractivity contribution in [2.24, 2.45) is 10.9 Å². The summed E-state index contributed by atoms with van der Waals surface area (Å²) in [7, 11) is 0. The number of esters is 1. The number of hydrogen-bond donors (Lipinski definition) is 0. The van der Waals surface area contributed by atoms with Crippen LogP contribution in [-0.2, 0) is 9.53 Å². The van der Waals surface area contributed by atoms with Crippen molar-refractivity contribution >= 4 is 33.7 Å². The third-order valence-electron chi connectivity index (χ3n) is 7.13. The van der Waals surface area contributed by atoms with E-state index in [1.54, 1.807) is 0 Å². The van der Waals surface area contributed by atoms with Gasteiger partial charge in [0.2, 0.25) is 0 Å². The average Bonchev–Trinajstić information content (AvgIpc) is 3.29. The minimum absolute atomic E-state index is 0.0685. The van der Waals surface area contributed by atoms with Gasteiger partial charge in [-0.3, -0.25) is 4.99 Å². The zero-order chi connectivity index (χ0) is 23.4. The number of rotatable bonds is 3. The molecule has 0 saturated carbocycles. The minimum atomic E-state index is -0.295. The van der Waals surface area contributed by atoms with E-state index in [2.05, 4.69) is 73.3 Å². The average molecular weight is 471 g/mol. The maximum atomic E-state index is 12.5. The largest absolute Gasteiger partial charge is 0.493 e. The summed E-state index contributed by atoms with van der Waals surface area (Å²) in [6.07, 6.45) is 1.89. The Bertz CT molecular complexity index is 1360. The first kappa shape index (κ1) is 21.3. The third kappa shape index (κ3) is 3.16. The summed E-state index contributed by atoms with van der Waals surface area (Å²) in [5.41, 5.74) is 3.21. The van der Waals surface area contributed by atoms with Crippen molar-refractivity contribution in [2.75, 3.05) is 13.2 Å². The summed E-state index contributed by atoms with van der Waals surface area (Å²) < 4.78 is 11.6. The topological polar surface area (TPSA) is 51.1 Å². The summed E-state index contributed by atoms with van der Waals surface area (Å²) in [5.74, 6) is 0.723. The van der Waals surface area contributed by atoms with Gasteiger partial charge in [-0.25, -0.2) is 4.79 Å². The molecule has 6 heteroatoms. The molecule has 0 bridgehead atoms. The number of nitrogens with zero attached hydrogens (tertiary/aromatic N) is 2. The van der Waals surface area contributed by atoms with Crippen molar-refractivity contribution in [3.63, 3.8) is 0 Å². The van der Waals surface area contributed by atoms with Crippen LogP contribution in [0.5, 0.6) is 5.75 Å². The Kier molecular flexibility index (Phi) is 4.96. The lowest BCUT2D eigenvalue weighted by atomic mass is 9.74. The van der Waals surface area contributed by atoms with E-state index in [1.807, 2.05) is 19.2 Å². The second-order valence-electron chi connectivity index (χ2n) is 9.36. The lowest BCUT2D eigenvalue weighted by molar-refractivity contribution is -0.137. The highest BCUT2D eigenvalue weighted by Crippen LogP contribution is 2.53. The molecular weight excluding hydrogens is 444 g/mol. The molecule has 3 aliphatic heterocycles. The van der Waals surface area contributed by atoms with Crippen LogP contribution in [0.3, 0.4) is 0 Å². The van der Waals surface area contributed by atoms with Crippen molar-refractivity contribution in [2.45, 2.75) is 32.4 Å². The van der Waals surface area contributed by atoms with Crippen molar-refractivity contribution in [1.29, 1.82) is 0 Å². The van der Waals surface area contributed by atoms with Crippen molar-refractivity contribution < 1.29 is 14.3 Å². The van der Waals surface area contributed by atoms with Gasteiger partial charge in [0.1, 0.15) is 10.7 Å². The van der Waals surface area contributed by atoms with Gasteiger partial charge < -0.3 is 14.4 Å². The van der Waals surface area contributed by atoms with Gasteiger partial charge in [0.15, 0.2) is 5.17 Å². The van der Waals surface area contributed by atoms with Crippen molar-refractivity contribution in [1.82, 2.24) is 4.90 Å². The summed E-state index contributed by atoms with van der Waals surface area (Å²) in [6, 6.07) is 21.1. The van der Waals surface area contributed by atoms with Gasteiger partial charge in [-0.15, -0.1) is 0 Å². The molecule has 2 atom stereocenters. The quantitative estimate of drug-likeness (QED) is 0.429. The summed E-state index contributed by atoms with van der Waals surface area (Å²) in [4.78, 5) is 20.4. The molecule has 0 aliphatic carbocycles. The minimum Gasteiger partial charge on any atom is -0.493 e. The van der Waals surface area contributed by atoms with Crippen LogP contribution in [0.4, 0.5) is 0 Å². The van der Waals surface area contributed by atoms with Crippen LogP contribution in [0, 0.1) is 5.92 Å². The van der Waals surface area contributed by atoms with Gasteiger partial charge in [-0.05, 0) is 60.5 Å². The maximum absolute atomic E-state index is 12.5. The molecule has 3 heterocycles. The normalized spacial score (nSPS) is 22.1. The predicted molar refractivity (Wildman–Crippen MR) is 137 cm³/mol. The van der Waals surface area contributed by atoms with E-state index in [0.717, 1.165) is 16.5 Å². The Balaban J connectivity index is 1.54. The number of fused-ring (bicyclic) bond motifs is 6. The van der Waals surface area contributed by atoms with E-state index in [1.165, 1.54) is 33.7 Å². The van der Waals surface area contributed by atoms with Crippen LogP contribution in [0.1, 0.15) is 32.4 Å². The number of carbonyl (C=O) groups is 1. The van der Waals surface area contributed by atoms with Crippen LogP contribution in [0.2, 0.25) is 0 Å². The van der Waals surface area contributed by atoms with E-state index >= 15 is 0 Å². The first-order valence-corrected chi connectivity index (χ1v) is 12.5. The molecule has 0 radical (unpaired) electrons. The lowest BCUT2D eigenvalue weighted by Gasteiger charge is -2.49. The lowest BCUT2D eigenvalue weighted by Crippen LogP contribution is -2.55. The van der Waals surface area contributed by atoms with Gasteiger partial charge >= 0.3 is 5.97 Å². The van der Waals surface area contributed by atoms with E-state index in [-0.39, 0.29) is 23.5 Å². The van der Waals surface area contributed by atoms with E-state index in [9.17, 15) is 4.79 Å². The Labute approximate surface area is 203 Å². The third-order valence-corrected chi connectivity index (χ3v) is 8.11. The van der Waals surface area contributed by atoms with Crippen molar-refractivity contribution in [3.8, 4) is 16.9 Å². The molecule has 5 nitrogen and oxygen atoms in total. The molecule has 0 amide bonds. The smallest absolute Gasteiger partial charge is 0.346 e. The highest BCUT2D eigenvalue weighted by Gasteiger charge is 2.51. The molecule has 3 aromatic rings. The fourth-order valence-electron chi connectivity index (χ4n) is 5.32. The predicted octanol–water partition coefficient (Wildman–Crippen LogP) is 6.16. The zero-order valence-electron chi connectivity index (χ0n) is 19.4. The fraction of sp³-hybridized carbons (Fsp3) is 0.286.